The van der Waals surface area contributed by atoms with Crippen LogP contribution in [0.3, 0.4) is 0 Å². The van der Waals surface area contributed by atoms with Gasteiger partial charge in [0.25, 0.3) is 5.91 Å². The number of fused-ring (bicyclic) bond motifs is 2. The van der Waals surface area contributed by atoms with Gasteiger partial charge in [-0.1, -0.05) is 6.92 Å². The topological polar surface area (TPSA) is 102 Å². The summed E-state index contributed by atoms with van der Waals surface area (Å²) in [5, 5.41) is 12.7. The van der Waals surface area contributed by atoms with E-state index in [9.17, 15) is 19.5 Å². The van der Waals surface area contributed by atoms with Crippen LogP contribution in [0.2, 0.25) is 18.6 Å². The number of benzene rings is 1. The second-order valence-electron chi connectivity index (χ2n) is 9.16. The molecule has 4 atom stereocenters. The fourth-order valence-electron chi connectivity index (χ4n) is 5.62. The molecule has 2 saturated heterocycles. The minimum atomic E-state index is -2.69. The lowest BCUT2D eigenvalue weighted by atomic mass is 9.82. The smallest absolute Gasteiger partial charge is 0.264 e. The Morgan fingerprint density at radius 3 is 2.70 bits per heavy atom. The summed E-state index contributed by atoms with van der Waals surface area (Å²) in [6.45, 7) is 7.19. The number of nitrogens with one attached hydrogen (secondary N) is 1. The maximum Gasteiger partial charge on any atom is 0.264 e. The summed E-state index contributed by atoms with van der Waals surface area (Å²) >= 11 is 0. The Bertz CT molecular complexity index is 873. The van der Waals surface area contributed by atoms with E-state index in [-0.39, 0.29) is 29.9 Å². The number of aliphatic hydroxyl groups is 1. The quantitative estimate of drug-likeness (QED) is 0.607. The Hall–Kier alpha value is -1.78. The highest BCUT2D eigenvalue weighted by Gasteiger charge is 2.65. The van der Waals surface area contributed by atoms with Crippen LogP contribution in [0, 0.1) is 5.92 Å². The lowest BCUT2D eigenvalue weighted by Gasteiger charge is -2.33. The van der Waals surface area contributed by atoms with Gasteiger partial charge in [-0.3, -0.25) is 9.59 Å². The van der Waals surface area contributed by atoms with Crippen molar-refractivity contribution < 1.29 is 24.2 Å². The molecule has 3 heterocycles. The van der Waals surface area contributed by atoms with E-state index in [2.05, 4.69) is 5.32 Å². The van der Waals surface area contributed by atoms with Gasteiger partial charge in [0.05, 0.1) is 18.3 Å². The molecule has 30 heavy (non-hydrogen) atoms. The highest BCUT2D eigenvalue weighted by Crippen LogP contribution is 2.59. The van der Waals surface area contributed by atoms with Crippen molar-refractivity contribution in [2.75, 3.05) is 43.1 Å². The van der Waals surface area contributed by atoms with Crippen molar-refractivity contribution >= 4 is 31.5 Å². The van der Waals surface area contributed by atoms with Crippen LogP contribution in [0.25, 0.3) is 0 Å². The molecule has 3 aliphatic heterocycles. The van der Waals surface area contributed by atoms with Gasteiger partial charge in [-0.15, -0.1) is 0 Å². The molecular formula is C21H31N3O5Si. The number of likely N-dealkylation sites (N-methyl/N-ethyl adjacent to an activating group) is 1. The number of hydrogen-bond acceptors (Lipinski definition) is 6. The highest BCUT2D eigenvalue weighted by atomic mass is 28.4. The van der Waals surface area contributed by atoms with Gasteiger partial charge in [0.15, 0.2) is 13.9 Å². The third-order valence-corrected chi connectivity index (χ3v) is 9.42. The number of ether oxygens (including phenoxy) is 1. The lowest BCUT2D eigenvalue weighted by Crippen LogP contribution is -2.48. The monoisotopic (exact) mass is 433 g/mol. The first kappa shape index (κ1) is 21.4. The fourth-order valence-corrected chi connectivity index (χ4v) is 8.22. The van der Waals surface area contributed by atoms with Crippen LogP contribution in [-0.4, -0.2) is 69.4 Å². The van der Waals surface area contributed by atoms with Crippen molar-refractivity contribution in [3.63, 3.8) is 0 Å². The summed E-state index contributed by atoms with van der Waals surface area (Å²) in [4.78, 5) is 40.3. The number of hydrogen-bond donors (Lipinski definition) is 3. The van der Waals surface area contributed by atoms with E-state index in [1.165, 1.54) is 0 Å². The number of carbonyl (C=O) groups excluding carboxylic acids is 2. The Morgan fingerprint density at radius 1 is 1.33 bits per heavy atom. The van der Waals surface area contributed by atoms with Crippen molar-refractivity contribution in [2.45, 2.75) is 43.7 Å². The van der Waals surface area contributed by atoms with Crippen molar-refractivity contribution in [3.05, 3.63) is 23.8 Å². The molecule has 0 saturated carbocycles. The van der Waals surface area contributed by atoms with E-state index in [0.29, 0.717) is 26.1 Å². The molecule has 1 aromatic rings. The lowest BCUT2D eigenvalue weighted by molar-refractivity contribution is -0.146. The maximum absolute atomic E-state index is 13.6. The van der Waals surface area contributed by atoms with Gasteiger partial charge >= 0.3 is 0 Å². The molecule has 164 valence electrons. The predicted molar refractivity (Wildman–Crippen MR) is 116 cm³/mol. The second kappa shape index (κ2) is 7.42. The standard InChI is InChI=1S/C21H31N3O5Si/c1-13-19(30(3,4)28)17(7-10-25)29-21(13)15-11-14(24-9-8-22-12-18(24)26)5-6-16(15)23(2)20(21)27/h5-6,11,13,17,19,22,25,28H,7-10,12H2,1-4H3/t13-,17+,19-,21+/m0/s1. The number of carbonyl (C=O) groups is 2. The van der Waals surface area contributed by atoms with Crippen LogP contribution in [0.1, 0.15) is 18.9 Å². The summed E-state index contributed by atoms with van der Waals surface area (Å²) in [5.41, 5.74) is 0.849. The van der Waals surface area contributed by atoms with E-state index in [1.807, 2.05) is 38.2 Å². The number of rotatable bonds is 4. The molecule has 0 aliphatic carbocycles. The molecule has 4 rings (SSSR count). The van der Waals surface area contributed by atoms with Crippen LogP contribution < -0.4 is 15.1 Å². The van der Waals surface area contributed by atoms with Gasteiger partial charge in [0.2, 0.25) is 5.91 Å². The Balaban J connectivity index is 1.83. The first-order chi connectivity index (χ1) is 14.1. The van der Waals surface area contributed by atoms with Crippen LogP contribution in [0.5, 0.6) is 0 Å². The second-order valence-corrected chi connectivity index (χ2v) is 13.1. The molecule has 3 aliphatic rings. The summed E-state index contributed by atoms with van der Waals surface area (Å²) in [6, 6.07) is 5.65. The van der Waals surface area contributed by atoms with Crippen LogP contribution in [0.15, 0.2) is 18.2 Å². The molecule has 8 nitrogen and oxygen atoms in total. The molecule has 2 amide bonds. The minimum absolute atomic E-state index is 0.00625. The molecule has 3 N–H and O–H groups in total. The summed E-state index contributed by atoms with van der Waals surface area (Å²) in [6.07, 6.45) is -0.0276. The highest BCUT2D eigenvalue weighted by molar-refractivity contribution is 6.71. The van der Waals surface area contributed by atoms with Gasteiger partial charge < -0.3 is 29.8 Å². The van der Waals surface area contributed by atoms with Gasteiger partial charge in [-0.2, -0.15) is 0 Å². The van der Waals surface area contributed by atoms with Crippen molar-refractivity contribution in [2.24, 2.45) is 5.92 Å². The Labute approximate surface area is 177 Å². The molecule has 9 heteroatoms. The van der Waals surface area contributed by atoms with Gasteiger partial charge in [0.1, 0.15) is 0 Å². The van der Waals surface area contributed by atoms with Crippen molar-refractivity contribution in [1.82, 2.24) is 5.32 Å². The fraction of sp³-hybridized carbons (Fsp3) is 0.619. The Morgan fingerprint density at radius 2 is 2.07 bits per heavy atom. The van der Waals surface area contributed by atoms with E-state index in [0.717, 1.165) is 16.9 Å². The first-order valence-corrected chi connectivity index (χ1v) is 13.6. The number of aliphatic hydroxyl groups excluding tert-OH is 1. The zero-order valence-electron chi connectivity index (χ0n) is 18.0. The van der Waals surface area contributed by atoms with Crippen LogP contribution >= 0.6 is 0 Å². The molecule has 1 spiro atoms. The van der Waals surface area contributed by atoms with Crippen LogP contribution in [0.4, 0.5) is 11.4 Å². The Kier molecular flexibility index (Phi) is 5.30. The number of nitrogens with zero attached hydrogens (tertiary/aromatic N) is 2. The van der Waals surface area contributed by atoms with Gasteiger partial charge in [-0.25, -0.2) is 0 Å². The molecule has 0 aromatic heterocycles. The average Bonchev–Trinajstić information content (AvgIpc) is 3.10. The van der Waals surface area contributed by atoms with E-state index in [4.69, 9.17) is 4.74 Å². The molecule has 2 fully saturated rings. The third-order valence-electron chi connectivity index (χ3n) is 6.91. The number of anilines is 2. The first-order valence-electron chi connectivity index (χ1n) is 10.6. The SMILES string of the molecule is C[C@H]1[C@H]([Si](C)(C)O)[C@@H](CCO)O[C@]12C(=O)N(C)c1ccc(N3CCNCC3=O)cc12. The summed E-state index contributed by atoms with van der Waals surface area (Å²) in [7, 11) is -0.957. The normalized spacial score (nSPS) is 31.7. The molecule has 1 aromatic carbocycles. The zero-order chi connectivity index (χ0) is 21.8. The molecule has 0 bridgehead atoms. The molecule has 0 unspecified atom stereocenters. The minimum Gasteiger partial charge on any atom is -0.432 e. The van der Waals surface area contributed by atoms with Crippen molar-refractivity contribution in [3.8, 4) is 0 Å². The van der Waals surface area contributed by atoms with E-state index < -0.39 is 20.0 Å². The molecular weight excluding hydrogens is 402 g/mol. The van der Waals surface area contributed by atoms with E-state index in [1.54, 1.807) is 16.8 Å². The predicted octanol–water partition coefficient (Wildman–Crippen LogP) is 0.779. The third kappa shape index (κ3) is 3.03. The largest absolute Gasteiger partial charge is 0.432 e. The summed E-state index contributed by atoms with van der Waals surface area (Å²) in [5.74, 6) is -0.420. The molecule has 0 radical (unpaired) electrons. The van der Waals surface area contributed by atoms with Gasteiger partial charge in [0, 0.05) is 49.5 Å². The maximum atomic E-state index is 13.6. The van der Waals surface area contributed by atoms with Crippen molar-refractivity contribution in [1.29, 1.82) is 0 Å². The van der Waals surface area contributed by atoms with E-state index >= 15 is 0 Å². The zero-order valence-corrected chi connectivity index (χ0v) is 19.0. The number of amides is 2. The van der Waals surface area contributed by atoms with Gasteiger partial charge in [-0.05, 0) is 37.7 Å². The number of piperazine rings is 1. The summed E-state index contributed by atoms with van der Waals surface area (Å²) < 4.78 is 6.49. The van der Waals surface area contributed by atoms with Crippen LogP contribution in [-0.2, 0) is 19.9 Å². The average molecular weight is 434 g/mol.